The smallest absolute Gasteiger partial charge is 0.308 e. The Morgan fingerprint density at radius 2 is 1.78 bits per heavy atom. The number of rotatable bonds is 7. The zero-order chi connectivity index (χ0) is 23.1. The molecule has 1 heterocycles. The van der Waals surface area contributed by atoms with Crippen molar-refractivity contribution in [3.05, 3.63) is 82.8 Å². The van der Waals surface area contributed by atoms with Crippen molar-refractivity contribution in [2.75, 3.05) is 24.3 Å². The lowest BCUT2D eigenvalue weighted by Gasteiger charge is -2.16. The number of nitrogens with zero attached hydrogens (tertiary/aromatic N) is 3. The SMILES string of the molecule is CC(=O)Oc1cnc(Cc2ccc(NC(=O)/C=C/c3ccc(Cl)cc3)cc2)nc1N(C)C. The number of ether oxygens (including phenoxy) is 1. The number of carbonyl (C=O) groups excluding carboxylic acids is 2. The summed E-state index contributed by atoms with van der Waals surface area (Å²) in [5.74, 6) is 0.780. The van der Waals surface area contributed by atoms with Crippen molar-refractivity contribution in [2.45, 2.75) is 13.3 Å². The number of benzene rings is 2. The maximum absolute atomic E-state index is 12.2. The fourth-order valence-electron chi connectivity index (χ4n) is 2.85. The summed E-state index contributed by atoms with van der Waals surface area (Å²) in [6.07, 6.45) is 5.18. The predicted molar refractivity (Wildman–Crippen MR) is 126 cm³/mol. The fourth-order valence-corrected chi connectivity index (χ4v) is 2.97. The Balaban J connectivity index is 1.63. The lowest BCUT2D eigenvalue weighted by Crippen LogP contribution is -2.16. The van der Waals surface area contributed by atoms with Crippen molar-refractivity contribution < 1.29 is 14.3 Å². The van der Waals surface area contributed by atoms with E-state index in [4.69, 9.17) is 16.3 Å². The highest BCUT2D eigenvalue weighted by Crippen LogP contribution is 2.24. The molecule has 2 aromatic carbocycles. The lowest BCUT2D eigenvalue weighted by atomic mass is 10.1. The summed E-state index contributed by atoms with van der Waals surface area (Å²) in [5, 5.41) is 3.47. The number of hydrogen-bond acceptors (Lipinski definition) is 6. The highest BCUT2D eigenvalue weighted by Gasteiger charge is 2.13. The van der Waals surface area contributed by atoms with Crippen molar-refractivity contribution in [3.8, 4) is 5.75 Å². The first kappa shape index (κ1) is 23.0. The van der Waals surface area contributed by atoms with E-state index < -0.39 is 5.97 Å². The van der Waals surface area contributed by atoms with E-state index >= 15 is 0 Å². The molecule has 1 aromatic heterocycles. The van der Waals surface area contributed by atoms with E-state index in [9.17, 15) is 9.59 Å². The van der Waals surface area contributed by atoms with Gasteiger partial charge in [0.2, 0.25) is 5.91 Å². The van der Waals surface area contributed by atoms with Gasteiger partial charge in [0.05, 0.1) is 6.20 Å². The maximum atomic E-state index is 12.2. The van der Waals surface area contributed by atoms with Crippen LogP contribution in [0.2, 0.25) is 5.02 Å². The molecule has 0 saturated heterocycles. The number of hydrogen-bond donors (Lipinski definition) is 1. The van der Waals surface area contributed by atoms with Gasteiger partial charge in [0, 0.05) is 44.2 Å². The average Bonchev–Trinajstić information content (AvgIpc) is 2.75. The van der Waals surface area contributed by atoms with Crippen LogP contribution in [0, 0.1) is 0 Å². The van der Waals surface area contributed by atoms with Crippen molar-refractivity contribution in [1.29, 1.82) is 0 Å². The summed E-state index contributed by atoms with van der Waals surface area (Å²) in [6.45, 7) is 1.33. The van der Waals surface area contributed by atoms with E-state index in [2.05, 4.69) is 15.3 Å². The summed E-state index contributed by atoms with van der Waals surface area (Å²) in [5.41, 5.74) is 2.54. The Bertz CT molecular complexity index is 1130. The molecule has 0 fully saturated rings. The first-order chi connectivity index (χ1) is 15.3. The van der Waals surface area contributed by atoms with Gasteiger partial charge >= 0.3 is 5.97 Å². The first-order valence-electron chi connectivity index (χ1n) is 9.85. The molecule has 0 atom stereocenters. The van der Waals surface area contributed by atoms with Crippen LogP contribution in [-0.4, -0.2) is 35.9 Å². The summed E-state index contributed by atoms with van der Waals surface area (Å²) in [4.78, 5) is 34.0. The summed E-state index contributed by atoms with van der Waals surface area (Å²) >= 11 is 5.86. The van der Waals surface area contributed by atoms with E-state index in [1.807, 2.05) is 50.5 Å². The molecule has 32 heavy (non-hydrogen) atoms. The normalized spacial score (nSPS) is 10.8. The van der Waals surface area contributed by atoms with E-state index in [0.29, 0.717) is 34.5 Å². The number of amides is 1. The number of carbonyl (C=O) groups is 2. The molecule has 0 aliphatic carbocycles. The standard InChI is InChI=1S/C24H23ClN4O3/c1-16(30)32-21-15-26-22(28-24(21)29(2)3)14-18-6-11-20(12-7-18)27-23(31)13-8-17-4-9-19(25)10-5-17/h4-13,15H,14H2,1-3H3,(H,27,31)/b13-8+. The van der Waals surface area contributed by atoms with Crippen LogP contribution < -0.4 is 15.0 Å². The minimum atomic E-state index is -0.426. The van der Waals surface area contributed by atoms with Gasteiger partial charge in [-0.15, -0.1) is 0 Å². The number of halogens is 1. The Kier molecular flexibility index (Phi) is 7.57. The molecule has 0 spiro atoms. The van der Waals surface area contributed by atoms with Crippen molar-refractivity contribution in [3.63, 3.8) is 0 Å². The van der Waals surface area contributed by atoms with E-state index in [1.165, 1.54) is 19.2 Å². The monoisotopic (exact) mass is 450 g/mol. The van der Waals surface area contributed by atoms with Crippen LogP contribution in [0.5, 0.6) is 5.75 Å². The van der Waals surface area contributed by atoms with Crippen LogP contribution in [0.15, 0.2) is 60.8 Å². The number of anilines is 2. The van der Waals surface area contributed by atoms with Gasteiger partial charge in [-0.3, -0.25) is 9.59 Å². The molecule has 164 valence electrons. The average molecular weight is 451 g/mol. The Morgan fingerprint density at radius 3 is 2.41 bits per heavy atom. The molecular weight excluding hydrogens is 428 g/mol. The highest BCUT2D eigenvalue weighted by molar-refractivity contribution is 6.30. The minimum absolute atomic E-state index is 0.229. The molecule has 0 unspecified atom stereocenters. The summed E-state index contributed by atoms with van der Waals surface area (Å²) in [6, 6.07) is 14.7. The van der Waals surface area contributed by atoms with Gasteiger partial charge in [-0.05, 0) is 41.5 Å². The minimum Gasteiger partial charge on any atom is -0.421 e. The van der Waals surface area contributed by atoms with Crippen molar-refractivity contribution in [2.24, 2.45) is 0 Å². The maximum Gasteiger partial charge on any atom is 0.308 e. The summed E-state index contributed by atoms with van der Waals surface area (Å²) in [7, 11) is 3.63. The van der Waals surface area contributed by atoms with Crippen LogP contribution in [0.3, 0.4) is 0 Å². The van der Waals surface area contributed by atoms with Gasteiger partial charge in [0.1, 0.15) is 5.82 Å². The van der Waals surface area contributed by atoms with E-state index in [1.54, 1.807) is 23.1 Å². The van der Waals surface area contributed by atoms with E-state index in [0.717, 1.165) is 11.1 Å². The van der Waals surface area contributed by atoms with E-state index in [-0.39, 0.29) is 5.91 Å². The van der Waals surface area contributed by atoms with Gasteiger partial charge in [-0.1, -0.05) is 35.9 Å². The first-order valence-corrected chi connectivity index (χ1v) is 10.2. The number of aromatic nitrogens is 2. The Hall–Kier alpha value is -3.71. The van der Waals surface area contributed by atoms with Gasteiger partial charge < -0.3 is 15.0 Å². The van der Waals surface area contributed by atoms with Crippen LogP contribution in [0.1, 0.15) is 23.9 Å². The van der Waals surface area contributed by atoms with Crippen LogP contribution in [-0.2, 0) is 16.0 Å². The van der Waals surface area contributed by atoms with Crippen LogP contribution in [0.25, 0.3) is 6.08 Å². The quantitative estimate of drug-likeness (QED) is 0.425. The van der Waals surface area contributed by atoms with Gasteiger partial charge in [0.15, 0.2) is 11.6 Å². The van der Waals surface area contributed by atoms with Crippen molar-refractivity contribution >= 4 is 41.1 Å². The topological polar surface area (TPSA) is 84.4 Å². The van der Waals surface area contributed by atoms with Crippen LogP contribution in [0.4, 0.5) is 11.5 Å². The molecule has 3 rings (SSSR count). The molecule has 8 heteroatoms. The molecular formula is C24H23ClN4O3. The van der Waals surface area contributed by atoms with Crippen molar-refractivity contribution in [1.82, 2.24) is 9.97 Å². The van der Waals surface area contributed by atoms with Gasteiger partial charge in [-0.2, -0.15) is 0 Å². The third-order valence-corrected chi connectivity index (χ3v) is 4.60. The Labute approximate surface area is 191 Å². The highest BCUT2D eigenvalue weighted by atomic mass is 35.5. The summed E-state index contributed by atoms with van der Waals surface area (Å²) < 4.78 is 5.16. The fraction of sp³-hybridized carbons (Fsp3) is 0.167. The molecule has 0 radical (unpaired) electrons. The zero-order valence-corrected chi connectivity index (χ0v) is 18.8. The largest absolute Gasteiger partial charge is 0.421 e. The molecule has 0 bridgehead atoms. The molecule has 3 aromatic rings. The molecule has 1 N–H and O–H groups in total. The Morgan fingerprint density at radius 1 is 1.09 bits per heavy atom. The zero-order valence-electron chi connectivity index (χ0n) is 18.0. The second-order valence-corrected chi connectivity index (χ2v) is 7.65. The second kappa shape index (κ2) is 10.5. The van der Waals surface area contributed by atoms with Gasteiger partial charge in [0.25, 0.3) is 0 Å². The number of nitrogens with one attached hydrogen (secondary N) is 1. The molecule has 1 amide bonds. The molecule has 0 saturated carbocycles. The van der Waals surface area contributed by atoms with Crippen LogP contribution >= 0.6 is 11.6 Å². The molecule has 7 nitrogen and oxygen atoms in total. The third kappa shape index (κ3) is 6.65. The molecule has 0 aliphatic heterocycles. The second-order valence-electron chi connectivity index (χ2n) is 7.21. The van der Waals surface area contributed by atoms with Gasteiger partial charge in [-0.25, -0.2) is 9.97 Å². The number of esters is 1. The lowest BCUT2D eigenvalue weighted by molar-refractivity contribution is -0.131. The molecule has 0 aliphatic rings. The third-order valence-electron chi connectivity index (χ3n) is 4.34. The predicted octanol–water partition coefficient (Wildman–Crippen LogP) is 4.36.